The number of amides is 1. The third kappa shape index (κ3) is 4.46. The second kappa shape index (κ2) is 8.19. The van der Waals surface area contributed by atoms with Gasteiger partial charge in [-0.1, -0.05) is 29.6 Å². The molecule has 0 radical (unpaired) electrons. The summed E-state index contributed by atoms with van der Waals surface area (Å²) in [5, 5.41) is 3.45. The molecule has 0 aromatic heterocycles. The van der Waals surface area contributed by atoms with Gasteiger partial charge >= 0.3 is 0 Å². The lowest BCUT2D eigenvalue weighted by Crippen LogP contribution is -2.41. The van der Waals surface area contributed by atoms with Crippen molar-refractivity contribution in [2.24, 2.45) is 0 Å². The number of halogens is 2. The van der Waals surface area contributed by atoms with Crippen LogP contribution in [0.25, 0.3) is 0 Å². The van der Waals surface area contributed by atoms with Crippen LogP contribution in [0.3, 0.4) is 0 Å². The van der Waals surface area contributed by atoms with Crippen LogP contribution < -0.4 is 5.32 Å². The van der Waals surface area contributed by atoms with Gasteiger partial charge in [-0.25, -0.2) is 8.42 Å². The number of hydrogen-bond donors (Lipinski definition) is 1. The molecule has 0 spiro atoms. The summed E-state index contributed by atoms with van der Waals surface area (Å²) in [5.41, 5.74) is 0.861. The zero-order valence-electron chi connectivity index (χ0n) is 14.8. The Morgan fingerprint density at radius 2 is 1.78 bits per heavy atom. The van der Waals surface area contributed by atoms with Crippen molar-refractivity contribution in [3.63, 3.8) is 0 Å². The summed E-state index contributed by atoms with van der Waals surface area (Å²) in [6, 6.07) is 10.7. The molecule has 1 aliphatic rings. The van der Waals surface area contributed by atoms with Gasteiger partial charge in [0.25, 0.3) is 5.91 Å². The normalized spacial score (nSPS) is 18.3. The van der Waals surface area contributed by atoms with Gasteiger partial charge in [0.15, 0.2) is 0 Å². The van der Waals surface area contributed by atoms with E-state index >= 15 is 0 Å². The fourth-order valence-corrected chi connectivity index (χ4v) is 5.12. The molecule has 5 nitrogen and oxygen atoms in total. The van der Waals surface area contributed by atoms with Crippen molar-refractivity contribution in [3.8, 4) is 0 Å². The molecule has 0 unspecified atom stereocenters. The Morgan fingerprint density at radius 3 is 2.41 bits per heavy atom. The summed E-state index contributed by atoms with van der Waals surface area (Å²) >= 11 is 11.8. The molecule has 27 heavy (non-hydrogen) atoms. The van der Waals surface area contributed by atoms with Crippen molar-refractivity contribution >= 4 is 44.8 Å². The first kappa shape index (κ1) is 20.1. The van der Waals surface area contributed by atoms with Gasteiger partial charge in [0, 0.05) is 23.8 Å². The number of nitrogens with one attached hydrogen (secondary N) is 1. The zero-order valence-corrected chi connectivity index (χ0v) is 17.1. The highest BCUT2D eigenvalue weighted by atomic mass is 35.5. The first-order chi connectivity index (χ1) is 12.8. The van der Waals surface area contributed by atoms with Gasteiger partial charge in [0.05, 0.1) is 14.9 Å². The second-order valence-electron chi connectivity index (χ2n) is 6.57. The molecule has 1 heterocycles. The van der Waals surface area contributed by atoms with Crippen molar-refractivity contribution in [2.45, 2.75) is 37.1 Å². The lowest BCUT2D eigenvalue weighted by molar-refractivity contribution is 0.102. The highest BCUT2D eigenvalue weighted by molar-refractivity contribution is 7.89. The molecule has 0 bridgehead atoms. The zero-order chi connectivity index (χ0) is 19.6. The molecule has 1 N–H and O–H groups in total. The maximum atomic E-state index is 12.8. The molecule has 1 aliphatic heterocycles. The van der Waals surface area contributed by atoms with Crippen molar-refractivity contribution in [1.29, 1.82) is 0 Å². The topological polar surface area (TPSA) is 66.5 Å². The average molecular weight is 427 g/mol. The monoisotopic (exact) mass is 426 g/mol. The highest BCUT2D eigenvalue weighted by Gasteiger charge is 2.30. The Kier molecular flexibility index (Phi) is 6.11. The van der Waals surface area contributed by atoms with E-state index in [4.69, 9.17) is 23.2 Å². The van der Waals surface area contributed by atoms with E-state index in [9.17, 15) is 13.2 Å². The molecule has 1 saturated heterocycles. The molecule has 1 atom stereocenters. The van der Waals surface area contributed by atoms with E-state index < -0.39 is 10.0 Å². The van der Waals surface area contributed by atoms with E-state index in [1.807, 2.05) is 6.92 Å². The number of benzene rings is 2. The predicted molar refractivity (Wildman–Crippen MR) is 108 cm³/mol. The molecule has 0 aliphatic carbocycles. The van der Waals surface area contributed by atoms with E-state index in [1.165, 1.54) is 24.3 Å². The van der Waals surface area contributed by atoms with Gasteiger partial charge < -0.3 is 5.32 Å². The number of sulfonamides is 1. The van der Waals surface area contributed by atoms with Crippen LogP contribution in [0.15, 0.2) is 47.4 Å². The number of nitrogens with zero attached hydrogens (tertiary/aromatic N) is 1. The van der Waals surface area contributed by atoms with E-state index in [-0.39, 0.29) is 16.8 Å². The fourth-order valence-electron chi connectivity index (χ4n) is 3.12. The minimum atomic E-state index is -3.55. The summed E-state index contributed by atoms with van der Waals surface area (Å²) in [6.07, 6.45) is 2.78. The molecule has 2 aromatic rings. The van der Waals surface area contributed by atoms with E-state index in [0.29, 0.717) is 27.8 Å². The minimum absolute atomic E-state index is 0.0126. The third-order valence-corrected chi connectivity index (χ3v) is 7.41. The average Bonchev–Trinajstić information content (AvgIpc) is 2.65. The third-order valence-electron chi connectivity index (χ3n) is 4.64. The Labute approximate surface area is 169 Å². The van der Waals surface area contributed by atoms with Gasteiger partial charge in [-0.3, -0.25) is 4.79 Å². The number of hydrogen-bond acceptors (Lipinski definition) is 3. The van der Waals surface area contributed by atoms with Crippen LogP contribution >= 0.6 is 23.2 Å². The van der Waals surface area contributed by atoms with Crippen molar-refractivity contribution in [2.75, 3.05) is 11.9 Å². The van der Waals surface area contributed by atoms with Crippen LogP contribution in [-0.4, -0.2) is 31.2 Å². The number of carbonyl (C=O) groups is 1. The molecule has 8 heteroatoms. The number of rotatable bonds is 4. The van der Waals surface area contributed by atoms with E-state index in [1.54, 1.807) is 22.5 Å². The van der Waals surface area contributed by atoms with Crippen molar-refractivity contribution in [3.05, 3.63) is 58.1 Å². The van der Waals surface area contributed by atoms with Crippen LogP contribution in [0, 0.1) is 0 Å². The van der Waals surface area contributed by atoms with Crippen molar-refractivity contribution < 1.29 is 13.2 Å². The van der Waals surface area contributed by atoms with Crippen molar-refractivity contribution in [1.82, 2.24) is 4.31 Å². The molecule has 0 saturated carbocycles. The van der Waals surface area contributed by atoms with E-state index in [0.717, 1.165) is 19.3 Å². The molecule has 1 amide bonds. The van der Waals surface area contributed by atoms with E-state index in [2.05, 4.69) is 5.32 Å². The molecular weight excluding hydrogens is 407 g/mol. The summed E-state index contributed by atoms with van der Waals surface area (Å²) < 4.78 is 27.2. The Balaban J connectivity index is 1.76. The van der Waals surface area contributed by atoms with Crippen LogP contribution in [0.2, 0.25) is 10.0 Å². The maximum Gasteiger partial charge on any atom is 0.255 e. The minimum Gasteiger partial charge on any atom is -0.322 e. The first-order valence-electron chi connectivity index (χ1n) is 8.67. The highest BCUT2D eigenvalue weighted by Crippen LogP contribution is 2.27. The Hall–Kier alpha value is -1.60. The van der Waals surface area contributed by atoms with Gasteiger partial charge in [-0.05, 0) is 62.2 Å². The fraction of sp³-hybridized carbons (Fsp3) is 0.316. The SMILES string of the molecule is C[C@@H]1CCCCN1S(=O)(=O)c1ccc(C(=O)Nc2ccc(Cl)c(Cl)c2)cc1. The summed E-state index contributed by atoms with van der Waals surface area (Å²) in [6.45, 7) is 2.46. The van der Waals surface area contributed by atoms with Crippen LogP contribution in [0.1, 0.15) is 36.5 Å². The maximum absolute atomic E-state index is 12.8. The smallest absolute Gasteiger partial charge is 0.255 e. The largest absolute Gasteiger partial charge is 0.322 e. The number of carbonyl (C=O) groups excluding carboxylic acids is 1. The quantitative estimate of drug-likeness (QED) is 0.762. The van der Waals surface area contributed by atoms with Gasteiger partial charge in [-0.2, -0.15) is 4.31 Å². The summed E-state index contributed by atoms with van der Waals surface area (Å²) in [4.78, 5) is 12.6. The predicted octanol–water partition coefficient (Wildman–Crippen LogP) is 4.81. The summed E-state index contributed by atoms with van der Waals surface area (Å²) in [5.74, 6) is -0.358. The van der Waals surface area contributed by atoms with Gasteiger partial charge in [-0.15, -0.1) is 0 Å². The number of anilines is 1. The van der Waals surface area contributed by atoms with Gasteiger partial charge in [0.1, 0.15) is 0 Å². The van der Waals surface area contributed by atoms with Crippen LogP contribution in [0.4, 0.5) is 5.69 Å². The molecule has 144 valence electrons. The summed E-state index contributed by atoms with van der Waals surface area (Å²) in [7, 11) is -3.55. The Morgan fingerprint density at radius 1 is 1.07 bits per heavy atom. The molecule has 1 fully saturated rings. The molecule has 3 rings (SSSR count). The second-order valence-corrected chi connectivity index (χ2v) is 9.27. The first-order valence-corrected chi connectivity index (χ1v) is 10.9. The number of piperidine rings is 1. The standard InChI is InChI=1S/C19H20Cl2N2O3S/c1-13-4-2-3-11-23(13)27(25,26)16-8-5-14(6-9-16)19(24)22-15-7-10-17(20)18(21)12-15/h5-10,12-13H,2-4,11H2,1H3,(H,22,24)/t13-/m1/s1. The van der Waals surface area contributed by atoms with Gasteiger partial charge in [0.2, 0.25) is 10.0 Å². The molecular formula is C19H20Cl2N2O3S. The van der Waals surface area contributed by atoms with Crippen LogP contribution in [-0.2, 0) is 10.0 Å². The lowest BCUT2D eigenvalue weighted by atomic mass is 10.1. The Bertz CT molecular complexity index is 946. The van der Waals surface area contributed by atoms with Crippen LogP contribution in [0.5, 0.6) is 0 Å². The molecule has 2 aromatic carbocycles. The lowest BCUT2D eigenvalue weighted by Gasteiger charge is -2.32.